The van der Waals surface area contributed by atoms with Crippen LogP contribution in [0.4, 0.5) is 0 Å². The van der Waals surface area contributed by atoms with Crippen molar-refractivity contribution in [3.63, 3.8) is 0 Å². The SMILES string of the molecule is COC(=O)CC(C)S(=O)Cc1ncnn1CC(C)C. The molecule has 0 aliphatic heterocycles. The summed E-state index contributed by atoms with van der Waals surface area (Å²) in [6.07, 6.45) is 1.63. The molecule has 0 bridgehead atoms. The van der Waals surface area contributed by atoms with Crippen molar-refractivity contribution in [3.05, 3.63) is 12.2 Å². The van der Waals surface area contributed by atoms with Crippen molar-refractivity contribution in [1.29, 1.82) is 0 Å². The quantitative estimate of drug-likeness (QED) is 0.703. The zero-order chi connectivity index (χ0) is 14.4. The molecule has 19 heavy (non-hydrogen) atoms. The van der Waals surface area contributed by atoms with Crippen LogP contribution in [0.1, 0.15) is 33.0 Å². The van der Waals surface area contributed by atoms with E-state index in [-0.39, 0.29) is 17.6 Å². The number of methoxy groups -OCH3 is 1. The number of carbonyl (C=O) groups is 1. The number of ether oxygens (including phenoxy) is 1. The van der Waals surface area contributed by atoms with Gasteiger partial charge in [0.15, 0.2) is 0 Å². The maximum atomic E-state index is 12.1. The Labute approximate surface area is 116 Å². The van der Waals surface area contributed by atoms with Crippen molar-refractivity contribution in [2.24, 2.45) is 5.92 Å². The molecule has 6 nitrogen and oxygen atoms in total. The molecule has 0 radical (unpaired) electrons. The molecule has 2 unspecified atom stereocenters. The smallest absolute Gasteiger partial charge is 0.306 e. The van der Waals surface area contributed by atoms with Crippen LogP contribution < -0.4 is 0 Å². The Hall–Kier alpha value is -1.24. The molecule has 0 saturated carbocycles. The summed E-state index contributed by atoms with van der Waals surface area (Å²) in [4.78, 5) is 15.3. The minimum Gasteiger partial charge on any atom is -0.469 e. The van der Waals surface area contributed by atoms with Gasteiger partial charge in [0.2, 0.25) is 0 Å². The zero-order valence-corrected chi connectivity index (χ0v) is 12.6. The van der Waals surface area contributed by atoms with Gasteiger partial charge < -0.3 is 4.74 Å². The summed E-state index contributed by atoms with van der Waals surface area (Å²) in [6, 6.07) is 0. The van der Waals surface area contributed by atoms with Crippen LogP contribution >= 0.6 is 0 Å². The first-order valence-corrected chi connectivity index (χ1v) is 7.63. The van der Waals surface area contributed by atoms with Crippen LogP contribution in [0.2, 0.25) is 0 Å². The van der Waals surface area contributed by atoms with E-state index in [1.807, 2.05) is 0 Å². The van der Waals surface area contributed by atoms with E-state index < -0.39 is 10.8 Å². The number of aromatic nitrogens is 3. The van der Waals surface area contributed by atoms with E-state index in [0.29, 0.717) is 17.5 Å². The average Bonchev–Trinajstić information content (AvgIpc) is 2.75. The lowest BCUT2D eigenvalue weighted by Gasteiger charge is -2.11. The van der Waals surface area contributed by atoms with Crippen molar-refractivity contribution in [2.45, 2.75) is 44.7 Å². The molecule has 0 fully saturated rings. The topological polar surface area (TPSA) is 74.1 Å². The first kappa shape index (κ1) is 15.8. The standard InChI is InChI=1S/C12H21N3O3S/c1-9(2)6-15-11(13-8-14-15)7-19(17)10(3)5-12(16)18-4/h8-10H,5-7H2,1-4H3. The molecule has 1 aromatic rings. The van der Waals surface area contributed by atoms with Gasteiger partial charge in [-0.05, 0) is 5.92 Å². The van der Waals surface area contributed by atoms with Gasteiger partial charge in [0, 0.05) is 22.6 Å². The average molecular weight is 287 g/mol. The second-order valence-corrected chi connectivity index (χ2v) is 6.72. The molecule has 0 aliphatic carbocycles. The molecule has 0 aliphatic rings. The number of nitrogens with zero attached hydrogens (tertiary/aromatic N) is 3. The highest BCUT2D eigenvalue weighted by Gasteiger charge is 2.18. The summed E-state index contributed by atoms with van der Waals surface area (Å²) in [7, 11) is 0.165. The van der Waals surface area contributed by atoms with Crippen molar-refractivity contribution >= 4 is 16.8 Å². The van der Waals surface area contributed by atoms with E-state index in [2.05, 4.69) is 28.7 Å². The van der Waals surface area contributed by atoms with Crippen LogP contribution in [0.15, 0.2) is 6.33 Å². The Morgan fingerprint density at radius 1 is 1.47 bits per heavy atom. The number of rotatable bonds is 7. The summed E-state index contributed by atoms with van der Waals surface area (Å²) < 4.78 is 18.5. The highest BCUT2D eigenvalue weighted by molar-refractivity contribution is 7.84. The first-order valence-electron chi connectivity index (χ1n) is 6.24. The molecule has 7 heteroatoms. The summed E-state index contributed by atoms with van der Waals surface area (Å²) in [5.41, 5.74) is 0. The maximum absolute atomic E-state index is 12.1. The maximum Gasteiger partial charge on any atom is 0.306 e. The Morgan fingerprint density at radius 3 is 2.74 bits per heavy atom. The van der Waals surface area contributed by atoms with Gasteiger partial charge in [-0.25, -0.2) is 9.67 Å². The molecule has 1 rings (SSSR count). The number of hydrogen-bond donors (Lipinski definition) is 0. The van der Waals surface area contributed by atoms with Crippen LogP contribution in [0.25, 0.3) is 0 Å². The molecule has 1 heterocycles. The third-order valence-electron chi connectivity index (χ3n) is 2.64. The lowest BCUT2D eigenvalue weighted by atomic mass is 10.2. The molecule has 0 N–H and O–H groups in total. The molecule has 108 valence electrons. The Kier molecular flexibility index (Phi) is 6.14. The fourth-order valence-corrected chi connectivity index (χ4v) is 2.66. The monoisotopic (exact) mass is 287 g/mol. The molecular weight excluding hydrogens is 266 g/mol. The van der Waals surface area contributed by atoms with Crippen molar-refractivity contribution < 1.29 is 13.7 Å². The van der Waals surface area contributed by atoms with Crippen LogP contribution in [0.5, 0.6) is 0 Å². The summed E-state index contributed by atoms with van der Waals surface area (Å²) in [5, 5.41) is 3.87. The second kappa shape index (κ2) is 7.37. The molecule has 2 atom stereocenters. The van der Waals surface area contributed by atoms with E-state index in [1.165, 1.54) is 13.4 Å². The minimum absolute atomic E-state index is 0.154. The van der Waals surface area contributed by atoms with Gasteiger partial charge >= 0.3 is 5.97 Å². The van der Waals surface area contributed by atoms with Gasteiger partial charge in [0.25, 0.3) is 0 Å². The molecule has 0 amide bonds. The van der Waals surface area contributed by atoms with Gasteiger partial charge in [-0.2, -0.15) is 5.10 Å². The Bertz CT molecular complexity index is 445. The predicted molar refractivity (Wildman–Crippen MR) is 72.8 cm³/mol. The highest BCUT2D eigenvalue weighted by atomic mass is 32.2. The van der Waals surface area contributed by atoms with Crippen LogP contribution in [-0.4, -0.2) is 37.3 Å². The van der Waals surface area contributed by atoms with Crippen molar-refractivity contribution in [3.8, 4) is 0 Å². The summed E-state index contributed by atoms with van der Waals surface area (Å²) in [6.45, 7) is 6.69. The lowest BCUT2D eigenvalue weighted by Crippen LogP contribution is -2.20. The summed E-state index contributed by atoms with van der Waals surface area (Å²) in [5.74, 6) is 1.11. The number of hydrogen-bond acceptors (Lipinski definition) is 5. The van der Waals surface area contributed by atoms with Crippen molar-refractivity contribution in [1.82, 2.24) is 14.8 Å². The van der Waals surface area contributed by atoms with E-state index >= 15 is 0 Å². The van der Waals surface area contributed by atoms with Gasteiger partial charge in [-0.3, -0.25) is 9.00 Å². The number of carbonyl (C=O) groups excluding carboxylic acids is 1. The highest BCUT2D eigenvalue weighted by Crippen LogP contribution is 2.10. The fourth-order valence-electron chi connectivity index (χ4n) is 1.58. The van der Waals surface area contributed by atoms with Gasteiger partial charge in [0.05, 0.1) is 19.3 Å². The summed E-state index contributed by atoms with van der Waals surface area (Å²) >= 11 is 0. The molecule has 0 aromatic carbocycles. The Balaban J connectivity index is 2.61. The van der Waals surface area contributed by atoms with Crippen molar-refractivity contribution in [2.75, 3.05) is 7.11 Å². The van der Waals surface area contributed by atoms with Crippen LogP contribution in [0.3, 0.4) is 0 Å². The molecule has 0 spiro atoms. The van der Waals surface area contributed by atoms with E-state index in [0.717, 1.165) is 6.54 Å². The van der Waals surface area contributed by atoms with Gasteiger partial charge in [-0.1, -0.05) is 20.8 Å². The zero-order valence-electron chi connectivity index (χ0n) is 11.8. The van der Waals surface area contributed by atoms with E-state index in [1.54, 1.807) is 11.6 Å². The van der Waals surface area contributed by atoms with E-state index in [4.69, 9.17) is 0 Å². The number of esters is 1. The minimum atomic E-state index is -1.17. The molecular formula is C12H21N3O3S. The van der Waals surface area contributed by atoms with Gasteiger partial charge in [-0.15, -0.1) is 0 Å². The fraction of sp³-hybridized carbons (Fsp3) is 0.750. The molecule has 0 saturated heterocycles. The third-order valence-corrected chi connectivity index (χ3v) is 4.24. The second-order valence-electron chi connectivity index (χ2n) is 4.87. The largest absolute Gasteiger partial charge is 0.469 e. The first-order chi connectivity index (χ1) is 8.93. The predicted octanol–water partition coefficient (Wildman–Crippen LogP) is 1.13. The van der Waals surface area contributed by atoms with Crippen LogP contribution in [-0.2, 0) is 32.6 Å². The van der Waals surface area contributed by atoms with E-state index in [9.17, 15) is 9.00 Å². The molecule has 1 aromatic heterocycles. The third kappa shape index (κ3) is 5.10. The van der Waals surface area contributed by atoms with Gasteiger partial charge in [0.1, 0.15) is 12.2 Å². The van der Waals surface area contributed by atoms with Crippen LogP contribution in [0, 0.1) is 5.92 Å². The Morgan fingerprint density at radius 2 is 2.16 bits per heavy atom. The lowest BCUT2D eigenvalue weighted by molar-refractivity contribution is -0.140. The normalized spacial score (nSPS) is 14.4.